The Morgan fingerprint density at radius 3 is 2.28 bits per heavy atom. The number of hydrogen-bond donors (Lipinski definition) is 0. The van der Waals surface area contributed by atoms with Crippen molar-refractivity contribution >= 4 is 21.9 Å². The van der Waals surface area contributed by atoms with Crippen LogP contribution in [0.4, 0.5) is 10.7 Å². The fraction of sp³-hybridized carbons (Fsp3) is 0.577. The molecule has 2 aliphatic heterocycles. The van der Waals surface area contributed by atoms with Gasteiger partial charge in [-0.15, -0.1) is 0 Å². The van der Waals surface area contributed by atoms with Crippen molar-refractivity contribution in [1.82, 2.24) is 19.8 Å². The van der Waals surface area contributed by atoms with Gasteiger partial charge in [0.25, 0.3) is 0 Å². The van der Waals surface area contributed by atoms with Crippen LogP contribution in [0.5, 0.6) is 0 Å². The molecule has 2 atom stereocenters. The highest BCUT2D eigenvalue weighted by Gasteiger charge is 2.38. The number of ether oxygens (including phenoxy) is 1. The van der Waals surface area contributed by atoms with Gasteiger partial charge in [0.2, 0.25) is 5.95 Å². The molecular weight excluding hydrogens is 478 g/mol. The van der Waals surface area contributed by atoms with Crippen molar-refractivity contribution in [3.63, 3.8) is 0 Å². The van der Waals surface area contributed by atoms with E-state index in [0.717, 1.165) is 32.5 Å². The topological polar surface area (TPSA) is 95.9 Å². The molecule has 36 heavy (non-hydrogen) atoms. The van der Waals surface area contributed by atoms with E-state index >= 15 is 0 Å². The summed E-state index contributed by atoms with van der Waals surface area (Å²) in [5, 5.41) is -0.281. The standard InChI is InChI=1S/C26H35N5O4S/c1-19-17-31(26(32)35-22-10-12-29(13-11-22)18-21-6-4-3-5-7-21)20(2)16-30(19)25-27-14-24(15-28-25)36(33,34)23-8-9-23/h3-7,14-15,19-20,22-23H,8-13,16-18H2,1-2H3/t19-,20+/m0/s1. The highest BCUT2D eigenvalue weighted by atomic mass is 32.2. The summed E-state index contributed by atoms with van der Waals surface area (Å²) in [6.45, 7) is 7.82. The van der Waals surface area contributed by atoms with Crippen LogP contribution >= 0.6 is 0 Å². The Morgan fingerprint density at radius 2 is 1.64 bits per heavy atom. The number of anilines is 1. The molecule has 3 fully saturated rings. The second kappa shape index (κ2) is 10.3. The lowest BCUT2D eigenvalue weighted by Crippen LogP contribution is -2.59. The zero-order valence-corrected chi connectivity index (χ0v) is 21.8. The van der Waals surface area contributed by atoms with E-state index in [1.54, 1.807) is 4.90 Å². The summed E-state index contributed by atoms with van der Waals surface area (Å²) in [5.74, 6) is 0.489. The first-order valence-electron chi connectivity index (χ1n) is 12.9. The summed E-state index contributed by atoms with van der Waals surface area (Å²) in [5.41, 5.74) is 1.30. The number of piperidine rings is 1. The van der Waals surface area contributed by atoms with Crippen LogP contribution in [-0.4, -0.2) is 83.9 Å². The van der Waals surface area contributed by atoms with Gasteiger partial charge in [0.1, 0.15) is 11.0 Å². The smallest absolute Gasteiger partial charge is 0.410 e. The Morgan fingerprint density at radius 1 is 0.972 bits per heavy atom. The molecule has 1 aromatic heterocycles. The maximum Gasteiger partial charge on any atom is 0.410 e. The van der Waals surface area contributed by atoms with E-state index in [1.165, 1.54) is 18.0 Å². The first-order chi connectivity index (χ1) is 17.3. The number of piperazine rings is 1. The van der Waals surface area contributed by atoms with Crippen molar-refractivity contribution < 1.29 is 17.9 Å². The van der Waals surface area contributed by atoms with E-state index in [-0.39, 0.29) is 34.4 Å². The lowest BCUT2D eigenvalue weighted by Gasteiger charge is -2.44. The van der Waals surface area contributed by atoms with Gasteiger partial charge in [0.15, 0.2) is 9.84 Å². The van der Waals surface area contributed by atoms with Crippen molar-refractivity contribution in [2.75, 3.05) is 31.1 Å². The predicted octanol–water partition coefficient (Wildman–Crippen LogP) is 3.11. The molecule has 0 unspecified atom stereocenters. The van der Waals surface area contributed by atoms with Crippen LogP contribution < -0.4 is 4.90 Å². The first kappa shape index (κ1) is 25.0. The number of carbonyl (C=O) groups excluding carboxylic acids is 1. The molecule has 3 heterocycles. The van der Waals surface area contributed by atoms with Crippen LogP contribution in [0, 0.1) is 0 Å². The second-order valence-corrected chi connectivity index (χ2v) is 12.5. The lowest BCUT2D eigenvalue weighted by atomic mass is 10.1. The number of hydrogen-bond acceptors (Lipinski definition) is 8. The molecule has 10 heteroatoms. The summed E-state index contributed by atoms with van der Waals surface area (Å²) in [7, 11) is -3.31. The van der Waals surface area contributed by atoms with Crippen LogP contribution in [0.25, 0.3) is 0 Å². The molecule has 3 aliphatic rings. The minimum atomic E-state index is -3.31. The van der Waals surface area contributed by atoms with E-state index in [0.29, 0.717) is 31.9 Å². The molecule has 194 valence electrons. The van der Waals surface area contributed by atoms with Gasteiger partial charge < -0.3 is 14.5 Å². The average Bonchev–Trinajstić information content (AvgIpc) is 3.73. The predicted molar refractivity (Wildman–Crippen MR) is 136 cm³/mol. The molecule has 1 saturated carbocycles. The number of benzene rings is 1. The molecule has 2 saturated heterocycles. The van der Waals surface area contributed by atoms with Crippen molar-refractivity contribution in [2.24, 2.45) is 0 Å². The molecule has 0 bridgehead atoms. The van der Waals surface area contributed by atoms with Crippen LogP contribution in [-0.2, 0) is 21.1 Å². The maximum absolute atomic E-state index is 13.0. The minimum Gasteiger partial charge on any atom is -0.446 e. The Bertz CT molecular complexity index is 1150. The fourth-order valence-corrected chi connectivity index (χ4v) is 6.61. The number of amides is 1. The summed E-state index contributed by atoms with van der Waals surface area (Å²) >= 11 is 0. The highest BCUT2D eigenvalue weighted by molar-refractivity contribution is 7.92. The summed E-state index contributed by atoms with van der Waals surface area (Å²) in [4.78, 5) is 28.2. The van der Waals surface area contributed by atoms with E-state index in [2.05, 4.69) is 39.1 Å². The zero-order valence-electron chi connectivity index (χ0n) is 21.0. The normalized spacial score (nSPS) is 24.1. The number of nitrogens with zero attached hydrogens (tertiary/aromatic N) is 5. The Hall–Kier alpha value is -2.72. The van der Waals surface area contributed by atoms with Crippen molar-refractivity contribution in [3.05, 3.63) is 48.3 Å². The maximum atomic E-state index is 13.0. The molecule has 0 spiro atoms. The van der Waals surface area contributed by atoms with Crippen molar-refractivity contribution in [3.8, 4) is 0 Å². The molecule has 5 rings (SSSR count). The average molecular weight is 514 g/mol. The largest absolute Gasteiger partial charge is 0.446 e. The Kier molecular flexibility index (Phi) is 7.16. The second-order valence-electron chi connectivity index (χ2n) is 10.3. The Balaban J connectivity index is 1.13. The van der Waals surface area contributed by atoms with Gasteiger partial charge in [0, 0.05) is 44.8 Å². The lowest BCUT2D eigenvalue weighted by molar-refractivity contribution is 0.0165. The van der Waals surface area contributed by atoms with Crippen LogP contribution in [0.2, 0.25) is 0 Å². The molecule has 1 aromatic carbocycles. The SMILES string of the molecule is C[C@@H]1CN(c2ncc(S(=O)(=O)C3CC3)cn2)[C@@H](C)CN1C(=O)OC1CCN(Cc2ccccc2)CC1. The van der Waals surface area contributed by atoms with Gasteiger partial charge in [-0.2, -0.15) is 0 Å². The van der Waals surface area contributed by atoms with Gasteiger partial charge in [-0.3, -0.25) is 4.90 Å². The third-order valence-corrected chi connectivity index (χ3v) is 9.65. The van der Waals surface area contributed by atoms with E-state index in [4.69, 9.17) is 4.74 Å². The molecule has 1 aliphatic carbocycles. The van der Waals surface area contributed by atoms with Crippen LogP contribution in [0.1, 0.15) is 45.1 Å². The molecule has 0 N–H and O–H groups in total. The van der Waals surface area contributed by atoms with Gasteiger partial charge in [-0.25, -0.2) is 23.2 Å². The number of rotatable bonds is 6. The van der Waals surface area contributed by atoms with Crippen LogP contribution in [0.3, 0.4) is 0 Å². The van der Waals surface area contributed by atoms with Crippen molar-refractivity contribution in [2.45, 2.75) is 74.4 Å². The molecular formula is C26H35N5O4S. The van der Waals surface area contributed by atoms with E-state index < -0.39 is 9.84 Å². The fourth-order valence-electron chi connectivity index (χ4n) is 5.07. The summed E-state index contributed by atoms with van der Waals surface area (Å²) in [6, 6.07) is 10.3. The monoisotopic (exact) mass is 513 g/mol. The van der Waals surface area contributed by atoms with Gasteiger partial charge in [-0.05, 0) is 45.1 Å². The van der Waals surface area contributed by atoms with Gasteiger partial charge >= 0.3 is 6.09 Å². The number of aromatic nitrogens is 2. The zero-order chi connectivity index (χ0) is 25.3. The van der Waals surface area contributed by atoms with Crippen LogP contribution in [0.15, 0.2) is 47.6 Å². The molecule has 1 amide bonds. The number of carbonyl (C=O) groups is 1. The third kappa shape index (κ3) is 5.49. The van der Waals surface area contributed by atoms with E-state index in [9.17, 15) is 13.2 Å². The van der Waals surface area contributed by atoms with Gasteiger partial charge in [-0.1, -0.05) is 30.3 Å². The van der Waals surface area contributed by atoms with Crippen molar-refractivity contribution in [1.29, 1.82) is 0 Å². The van der Waals surface area contributed by atoms with Gasteiger partial charge in [0.05, 0.1) is 17.6 Å². The summed E-state index contributed by atoms with van der Waals surface area (Å²) in [6.07, 6.45) is 5.61. The molecule has 0 radical (unpaired) electrons. The first-order valence-corrected chi connectivity index (χ1v) is 14.4. The third-order valence-electron chi connectivity index (χ3n) is 7.43. The molecule has 9 nitrogen and oxygen atoms in total. The molecule has 2 aromatic rings. The highest BCUT2D eigenvalue weighted by Crippen LogP contribution is 2.33. The quantitative estimate of drug-likeness (QED) is 0.582. The number of sulfone groups is 1. The number of likely N-dealkylation sites (tertiary alicyclic amines) is 1. The summed E-state index contributed by atoms with van der Waals surface area (Å²) < 4.78 is 30.8. The Labute approximate surface area is 213 Å². The van der Waals surface area contributed by atoms with E-state index in [1.807, 2.05) is 24.8 Å². The minimum absolute atomic E-state index is 0.0210.